The van der Waals surface area contributed by atoms with Crippen molar-refractivity contribution in [3.63, 3.8) is 0 Å². The third kappa shape index (κ3) is 4.49. The van der Waals surface area contributed by atoms with E-state index in [1.165, 1.54) is 0 Å². The Labute approximate surface area is 148 Å². The molecule has 2 aromatic rings. The van der Waals surface area contributed by atoms with Crippen LogP contribution in [-0.2, 0) is 13.6 Å². The lowest BCUT2D eigenvalue weighted by molar-refractivity contribution is -0.480. The lowest BCUT2D eigenvalue weighted by Gasteiger charge is -2.24. The van der Waals surface area contributed by atoms with Gasteiger partial charge in [0.1, 0.15) is 0 Å². The van der Waals surface area contributed by atoms with Crippen LogP contribution in [0.25, 0.3) is 10.9 Å². The maximum Gasteiger partial charge on any atom is 0.344 e. The minimum atomic E-state index is -3.84. The van der Waals surface area contributed by atoms with E-state index < -0.39 is 24.7 Å². The fourth-order valence-electron chi connectivity index (χ4n) is 2.42. The van der Waals surface area contributed by atoms with Crippen molar-refractivity contribution >= 4 is 41.7 Å². The Balaban J connectivity index is 2.48. The first kappa shape index (κ1) is 19.2. The summed E-state index contributed by atoms with van der Waals surface area (Å²) in [4.78, 5) is 13.6. The molecule has 0 spiro atoms. The number of para-hydroxylation sites is 1. The molecule has 0 aliphatic rings. The number of alkyl halides is 2. The van der Waals surface area contributed by atoms with E-state index >= 15 is 0 Å². The van der Waals surface area contributed by atoms with Gasteiger partial charge in [0.15, 0.2) is 5.66 Å². The summed E-state index contributed by atoms with van der Waals surface area (Å²) in [6.45, 7) is -0.681. The fourth-order valence-corrected chi connectivity index (χ4v) is 4.80. The highest BCUT2D eigenvalue weighted by molar-refractivity contribution is 7.54. The van der Waals surface area contributed by atoms with Crippen LogP contribution in [0.3, 0.4) is 0 Å². The third-order valence-corrected chi connectivity index (χ3v) is 5.98. The molecule has 10 heteroatoms. The topological polar surface area (TPSA) is 94.5 Å². The summed E-state index contributed by atoms with van der Waals surface area (Å²) in [7, 11) is -3.84. The standard InChI is InChI=1S/C14H17Cl2N2O5P/c15-5-7-22-24(21,23-8-6-16)14(10-18(19)20)12-9-17-13-4-2-1-3-11(12)13/h1-4,9,14,17H,5-8,10H2. The van der Waals surface area contributed by atoms with Gasteiger partial charge >= 0.3 is 7.60 Å². The molecule has 0 saturated carbocycles. The van der Waals surface area contributed by atoms with Crippen LogP contribution in [0.15, 0.2) is 30.5 Å². The van der Waals surface area contributed by atoms with E-state index in [1.54, 1.807) is 18.3 Å². The van der Waals surface area contributed by atoms with Crippen molar-refractivity contribution in [2.75, 3.05) is 31.5 Å². The number of benzene rings is 1. The molecular weight excluding hydrogens is 378 g/mol. The Hall–Kier alpha value is -1.11. The number of rotatable bonds is 10. The van der Waals surface area contributed by atoms with Gasteiger partial charge in [-0.2, -0.15) is 0 Å². The molecule has 0 saturated heterocycles. The number of halogens is 2. The van der Waals surface area contributed by atoms with E-state index in [-0.39, 0.29) is 25.0 Å². The van der Waals surface area contributed by atoms with Crippen LogP contribution in [0, 0.1) is 10.1 Å². The molecule has 2 rings (SSSR count). The Kier molecular flexibility index (Phi) is 7.07. The first-order valence-electron chi connectivity index (χ1n) is 7.20. The molecule has 1 aromatic heterocycles. The van der Waals surface area contributed by atoms with Crippen LogP contribution in [0.2, 0.25) is 0 Å². The molecule has 1 atom stereocenters. The molecule has 7 nitrogen and oxygen atoms in total. The van der Waals surface area contributed by atoms with Crippen LogP contribution >= 0.6 is 30.8 Å². The number of hydrogen-bond donors (Lipinski definition) is 1. The molecule has 1 unspecified atom stereocenters. The van der Waals surface area contributed by atoms with Crippen molar-refractivity contribution in [2.45, 2.75) is 5.66 Å². The van der Waals surface area contributed by atoms with Crippen molar-refractivity contribution in [3.05, 3.63) is 46.1 Å². The van der Waals surface area contributed by atoms with Crippen LogP contribution in [0.4, 0.5) is 0 Å². The van der Waals surface area contributed by atoms with E-state index in [0.29, 0.717) is 5.56 Å². The Morgan fingerprint density at radius 3 is 2.42 bits per heavy atom. The molecule has 1 aromatic carbocycles. The first-order chi connectivity index (χ1) is 11.5. The number of fused-ring (bicyclic) bond motifs is 1. The SMILES string of the molecule is O=[N+]([O-])CC(c1c[nH]c2ccccc12)P(=O)(OCCCl)OCCCl. The summed E-state index contributed by atoms with van der Waals surface area (Å²) >= 11 is 11.2. The lowest BCUT2D eigenvalue weighted by Crippen LogP contribution is -2.17. The number of aromatic amines is 1. The Morgan fingerprint density at radius 2 is 1.83 bits per heavy atom. The van der Waals surface area contributed by atoms with Gasteiger partial charge in [-0.1, -0.05) is 18.2 Å². The van der Waals surface area contributed by atoms with Crippen molar-refractivity contribution < 1.29 is 18.5 Å². The van der Waals surface area contributed by atoms with Crippen molar-refractivity contribution in [1.82, 2.24) is 4.98 Å². The third-order valence-electron chi connectivity index (χ3n) is 3.38. The average molecular weight is 395 g/mol. The zero-order valence-electron chi connectivity index (χ0n) is 12.7. The van der Waals surface area contributed by atoms with Crippen LogP contribution in [-0.4, -0.2) is 41.4 Å². The van der Waals surface area contributed by atoms with Crippen LogP contribution in [0.5, 0.6) is 0 Å². The molecule has 0 aliphatic carbocycles. The predicted octanol–water partition coefficient (Wildman–Crippen LogP) is 4.19. The number of nitrogens with zero attached hydrogens (tertiary/aromatic N) is 1. The molecule has 24 heavy (non-hydrogen) atoms. The summed E-state index contributed by atoms with van der Waals surface area (Å²) in [6, 6.07) is 7.25. The highest BCUT2D eigenvalue weighted by atomic mass is 35.5. The smallest absolute Gasteiger partial charge is 0.344 e. The lowest BCUT2D eigenvalue weighted by atomic mass is 10.1. The normalized spacial score (nSPS) is 13.2. The molecule has 0 bridgehead atoms. The predicted molar refractivity (Wildman–Crippen MR) is 93.9 cm³/mol. The van der Waals surface area contributed by atoms with Gasteiger partial charge in [-0.05, 0) is 11.6 Å². The molecule has 0 fully saturated rings. The quantitative estimate of drug-likeness (QED) is 0.282. The summed E-state index contributed by atoms with van der Waals surface area (Å²) in [5, 5.41) is 11.9. The number of H-pyrrole nitrogens is 1. The second-order valence-electron chi connectivity index (χ2n) is 4.90. The molecule has 0 amide bonds. The minimum absolute atomic E-state index is 0.0440. The van der Waals surface area contributed by atoms with E-state index in [9.17, 15) is 14.7 Å². The van der Waals surface area contributed by atoms with Crippen LogP contribution in [0.1, 0.15) is 11.2 Å². The van der Waals surface area contributed by atoms with Gasteiger partial charge in [-0.15, -0.1) is 23.2 Å². The summed E-state index contributed by atoms with van der Waals surface area (Å²) < 4.78 is 23.9. The van der Waals surface area contributed by atoms with E-state index in [4.69, 9.17) is 32.2 Å². The second kappa shape index (κ2) is 8.83. The largest absolute Gasteiger partial charge is 0.361 e. The van der Waals surface area contributed by atoms with Crippen molar-refractivity contribution in [1.29, 1.82) is 0 Å². The van der Waals surface area contributed by atoms with Gasteiger partial charge < -0.3 is 14.0 Å². The number of hydrogen-bond acceptors (Lipinski definition) is 5. The number of aromatic nitrogens is 1. The van der Waals surface area contributed by atoms with Gasteiger partial charge in [-0.3, -0.25) is 14.7 Å². The average Bonchev–Trinajstić information content (AvgIpc) is 2.99. The molecule has 1 N–H and O–H groups in total. The van der Waals surface area contributed by atoms with Crippen LogP contribution < -0.4 is 0 Å². The van der Waals surface area contributed by atoms with Gasteiger partial charge in [0.2, 0.25) is 6.54 Å². The maximum atomic E-state index is 13.2. The summed E-state index contributed by atoms with van der Waals surface area (Å²) in [5.41, 5.74) is 0.229. The molecule has 1 heterocycles. The van der Waals surface area contributed by atoms with Crippen molar-refractivity contribution in [3.8, 4) is 0 Å². The fraction of sp³-hybridized carbons (Fsp3) is 0.429. The monoisotopic (exact) mass is 394 g/mol. The molecule has 0 radical (unpaired) electrons. The zero-order chi connectivity index (χ0) is 17.6. The maximum absolute atomic E-state index is 13.2. The second-order valence-corrected chi connectivity index (χ2v) is 7.88. The van der Waals surface area contributed by atoms with E-state index in [1.807, 2.05) is 12.1 Å². The number of nitrogens with one attached hydrogen (secondary N) is 1. The highest BCUT2D eigenvalue weighted by Crippen LogP contribution is 2.61. The molecular formula is C14H17Cl2N2O5P. The minimum Gasteiger partial charge on any atom is -0.361 e. The van der Waals surface area contributed by atoms with Gasteiger partial charge in [0, 0.05) is 33.8 Å². The summed E-state index contributed by atoms with van der Waals surface area (Å²) in [6.07, 6.45) is 1.60. The molecule has 132 valence electrons. The van der Waals surface area contributed by atoms with E-state index in [0.717, 1.165) is 10.9 Å². The molecule has 0 aliphatic heterocycles. The number of nitro groups is 1. The van der Waals surface area contributed by atoms with E-state index in [2.05, 4.69) is 4.98 Å². The van der Waals surface area contributed by atoms with Gasteiger partial charge in [0.25, 0.3) is 0 Å². The first-order valence-corrected chi connectivity index (χ1v) is 9.88. The Bertz CT molecular complexity index is 727. The summed E-state index contributed by atoms with van der Waals surface area (Å²) in [5.74, 6) is 0.181. The Morgan fingerprint density at radius 1 is 1.21 bits per heavy atom. The van der Waals surface area contributed by atoms with Gasteiger partial charge in [0.05, 0.1) is 13.2 Å². The highest BCUT2D eigenvalue weighted by Gasteiger charge is 2.42. The van der Waals surface area contributed by atoms with Crippen molar-refractivity contribution in [2.24, 2.45) is 0 Å². The van der Waals surface area contributed by atoms with Gasteiger partial charge in [-0.25, -0.2) is 0 Å². The zero-order valence-corrected chi connectivity index (χ0v) is 15.1.